The number of hydrogen-bond donors (Lipinski definition) is 1. The van der Waals surface area contributed by atoms with Crippen molar-refractivity contribution in [2.24, 2.45) is 0 Å². The van der Waals surface area contributed by atoms with Gasteiger partial charge in [0.25, 0.3) is 5.91 Å². The van der Waals surface area contributed by atoms with Crippen molar-refractivity contribution in [1.29, 1.82) is 0 Å². The van der Waals surface area contributed by atoms with Gasteiger partial charge in [0.2, 0.25) is 0 Å². The first-order valence-electron chi connectivity index (χ1n) is 12.6. The highest BCUT2D eigenvalue weighted by Crippen LogP contribution is 2.32. The molecule has 0 saturated carbocycles. The summed E-state index contributed by atoms with van der Waals surface area (Å²) in [7, 11) is 3.25. The summed E-state index contributed by atoms with van der Waals surface area (Å²) < 4.78 is 21.8. The number of methoxy groups -OCH3 is 2. The van der Waals surface area contributed by atoms with Gasteiger partial charge in [0.15, 0.2) is 0 Å². The maximum Gasteiger partial charge on any atom is 0.254 e. The van der Waals surface area contributed by atoms with Gasteiger partial charge in [0.05, 0.1) is 63.9 Å². The summed E-state index contributed by atoms with van der Waals surface area (Å²) in [6.45, 7) is 7.14. The van der Waals surface area contributed by atoms with Crippen LogP contribution in [-0.4, -0.2) is 87.6 Å². The van der Waals surface area contributed by atoms with Crippen LogP contribution in [-0.2, 0) is 9.47 Å². The van der Waals surface area contributed by atoms with Crippen molar-refractivity contribution in [1.82, 2.24) is 14.9 Å². The standard InChI is InChI=1S/C27H33N5O5/c1-18(29-20-14-21(34-2)16-22(15-20)35-3)23-12-19(27(33)32-6-10-37-11-7-32)13-24-26(23)30-25(17-28-24)31-4-8-36-9-5-31/h12-18,29H,4-11H2,1-3H3. The summed E-state index contributed by atoms with van der Waals surface area (Å²) in [5.74, 6) is 2.15. The minimum atomic E-state index is -0.189. The predicted octanol–water partition coefficient (Wildman–Crippen LogP) is 3.13. The van der Waals surface area contributed by atoms with Crippen LogP contribution in [0.1, 0.15) is 28.9 Å². The van der Waals surface area contributed by atoms with Crippen molar-refractivity contribution < 1.29 is 23.7 Å². The summed E-state index contributed by atoms with van der Waals surface area (Å²) >= 11 is 0. The molecule has 10 nitrogen and oxygen atoms in total. The molecule has 2 fully saturated rings. The summed E-state index contributed by atoms with van der Waals surface area (Å²) in [5, 5.41) is 3.54. The smallest absolute Gasteiger partial charge is 0.254 e. The molecule has 2 saturated heterocycles. The lowest BCUT2D eigenvalue weighted by Gasteiger charge is -2.29. The van der Waals surface area contributed by atoms with E-state index in [0.717, 1.165) is 35.7 Å². The van der Waals surface area contributed by atoms with Crippen molar-refractivity contribution in [2.45, 2.75) is 13.0 Å². The maximum absolute atomic E-state index is 13.4. The minimum Gasteiger partial charge on any atom is -0.497 e. The Morgan fingerprint density at radius 2 is 1.59 bits per heavy atom. The quantitative estimate of drug-likeness (QED) is 0.517. The zero-order valence-electron chi connectivity index (χ0n) is 21.5. The molecule has 2 aliphatic heterocycles. The second-order valence-corrected chi connectivity index (χ2v) is 9.13. The molecule has 196 valence electrons. The fraction of sp³-hybridized carbons (Fsp3) is 0.444. The minimum absolute atomic E-state index is 0.0271. The normalized spacial score (nSPS) is 16.9. The molecule has 3 aromatic rings. The van der Waals surface area contributed by atoms with Crippen LogP contribution in [0.5, 0.6) is 11.5 Å². The fourth-order valence-electron chi connectivity index (χ4n) is 4.70. The van der Waals surface area contributed by atoms with Crippen LogP contribution in [0.4, 0.5) is 11.5 Å². The lowest BCUT2D eigenvalue weighted by molar-refractivity contribution is 0.0303. The lowest BCUT2D eigenvalue weighted by Crippen LogP contribution is -2.40. The van der Waals surface area contributed by atoms with Gasteiger partial charge in [-0.05, 0) is 19.1 Å². The van der Waals surface area contributed by atoms with Crippen molar-refractivity contribution >= 4 is 28.4 Å². The van der Waals surface area contributed by atoms with Gasteiger partial charge in [-0.25, -0.2) is 4.98 Å². The van der Waals surface area contributed by atoms with Crippen LogP contribution in [0, 0.1) is 0 Å². The molecule has 0 spiro atoms. The van der Waals surface area contributed by atoms with Crippen LogP contribution in [0.15, 0.2) is 36.5 Å². The molecule has 37 heavy (non-hydrogen) atoms. The van der Waals surface area contributed by atoms with Gasteiger partial charge in [-0.2, -0.15) is 0 Å². The Labute approximate surface area is 216 Å². The Balaban J connectivity index is 1.54. The molecule has 0 bridgehead atoms. The first-order valence-corrected chi connectivity index (χ1v) is 12.6. The van der Waals surface area contributed by atoms with E-state index < -0.39 is 0 Å². The van der Waals surface area contributed by atoms with Gasteiger partial charge < -0.3 is 34.1 Å². The Bertz CT molecular complexity index is 1240. The number of anilines is 2. The second kappa shape index (κ2) is 11.2. The van der Waals surface area contributed by atoms with Gasteiger partial charge in [-0.15, -0.1) is 0 Å². The lowest BCUT2D eigenvalue weighted by atomic mass is 10.0. The number of fused-ring (bicyclic) bond motifs is 1. The summed E-state index contributed by atoms with van der Waals surface area (Å²) in [6, 6.07) is 9.24. The number of amides is 1. The Morgan fingerprint density at radius 1 is 0.946 bits per heavy atom. The van der Waals surface area contributed by atoms with E-state index in [1.165, 1.54) is 0 Å². The van der Waals surface area contributed by atoms with Crippen molar-refractivity contribution in [3.05, 3.63) is 47.7 Å². The number of nitrogens with one attached hydrogen (secondary N) is 1. The molecule has 0 aliphatic carbocycles. The fourth-order valence-corrected chi connectivity index (χ4v) is 4.70. The number of carbonyl (C=O) groups is 1. The first kappa shape index (κ1) is 25.0. The van der Waals surface area contributed by atoms with Crippen molar-refractivity contribution in [3.8, 4) is 11.5 Å². The highest BCUT2D eigenvalue weighted by atomic mass is 16.5. The first-order chi connectivity index (χ1) is 18.1. The summed E-state index contributed by atoms with van der Waals surface area (Å²) in [4.78, 5) is 27.2. The maximum atomic E-state index is 13.4. The molecule has 1 atom stereocenters. The molecule has 3 heterocycles. The van der Waals surface area contributed by atoms with Gasteiger partial charge >= 0.3 is 0 Å². The Kier molecular flexibility index (Phi) is 7.57. The van der Waals surface area contributed by atoms with Gasteiger partial charge in [0.1, 0.15) is 17.3 Å². The number of rotatable bonds is 7. The van der Waals surface area contributed by atoms with Crippen LogP contribution < -0.4 is 19.7 Å². The third-order valence-corrected chi connectivity index (χ3v) is 6.75. The molecule has 1 unspecified atom stereocenters. The number of benzene rings is 2. The Morgan fingerprint density at radius 3 is 2.24 bits per heavy atom. The van der Waals surface area contributed by atoms with E-state index in [4.69, 9.17) is 28.9 Å². The molecular weight excluding hydrogens is 474 g/mol. The highest BCUT2D eigenvalue weighted by Gasteiger charge is 2.23. The largest absolute Gasteiger partial charge is 0.497 e. The number of nitrogens with zero attached hydrogens (tertiary/aromatic N) is 4. The predicted molar refractivity (Wildman–Crippen MR) is 141 cm³/mol. The third-order valence-electron chi connectivity index (χ3n) is 6.75. The zero-order chi connectivity index (χ0) is 25.8. The van der Waals surface area contributed by atoms with E-state index in [-0.39, 0.29) is 11.9 Å². The van der Waals surface area contributed by atoms with Crippen molar-refractivity contribution in [3.63, 3.8) is 0 Å². The van der Waals surface area contributed by atoms with Crippen LogP contribution in [0.3, 0.4) is 0 Å². The van der Waals surface area contributed by atoms with Crippen molar-refractivity contribution in [2.75, 3.05) is 77.0 Å². The van der Waals surface area contributed by atoms with E-state index in [1.807, 2.05) is 42.2 Å². The van der Waals surface area contributed by atoms with Crippen LogP contribution in [0.2, 0.25) is 0 Å². The number of carbonyl (C=O) groups excluding carboxylic acids is 1. The average molecular weight is 508 g/mol. The van der Waals surface area contributed by atoms with Gasteiger partial charge in [0, 0.05) is 61.2 Å². The average Bonchev–Trinajstić information content (AvgIpc) is 2.96. The molecule has 1 aromatic heterocycles. The van der Waals surface area contributed by atoms with E-state index >= 15 is 0 Å². The molecule has 2 aromatic carbocycles. The molecule has 1 N–H and O–H groups in total. The highest BCUT2D eigenvalue weighted by molar-refractivity contribution is 5.98. The van der Waals surface area contributed by atoms with Crippen LogP contribution in [0.25, 0.3) is 11.0 Å². The Hall–Kier alpha value is -3.63. The SMILES string of the molecule is COc1cc(NC(C)c2cc(C(=O)N3CCOCC3)cc3ncc(N4CCOCC4)nc23)cc(OC)c1. The van der Waals surface area contributed by atoms with E-state index in [0.29, 0.717) is 62.1 Å². The number of morpholine rings is 2. The van der Waals surface area contributed by atoms with E-state index in [2.05, 4.69) is 10.2 Å². The number of aromatic nitrogens is 2. The van der Waals surface area contributed by atoms with Gasteiger partial charge in [-0.1, -0.05) is 0 Å². The van der Waals surface area contributed by atoms with Crippen LogP contribution >= 0.6 is 0 Å². The monoisotopic (exact) mass is 507 g/mol. The van der Waals surface area contributed by atoms with Gasteiger partial charge in [-0.3, -0.25) is 9.78 Å². The molecule has 10 heteroatoms. The molecule has 2 aliphatic rings. The number of hydrogen-bond acceptors (Lipinski definition) is 9. The molecular formula is C27H33N5O5. The van der Waals surface area contributed by atoms with E-state index in [9.17, 15) is 4.79 Å². The summed E-state index contributed by atoms with van der Waals surface area (Å²) in [6.07, 6.45) is 1.78. The second-order valence-electron chi connectivity index (χ2n) is 9.13. The molecule has 5 rings (SSSR count). The topological polar surface area (TPSA) is 98.3 Å². The molecule has 1 amide bonds. The third kappa shape index (κ3) is 5.55. The zero-order valence-corrected chi connectivity index (χ0v) is 21.5. The number of ether oxygens (including phenoxy) is 4. The van der Waals surface area contributed by atoms with E-state index in [1.54, 1.807) is 20.4 Å². The summed E-state index contributed by atoms with van der Waals surface area (Å²) in [5.41, 5.74) is 3.76. The molecule has 0 radical (unpaired) electrons.